The van der Waals surface area contributed by atoms with Crippen LogP contribution in [0.25, 0.3) is 0 Å². The van der Waals surface area contributed by atoms with Gasteiger partial charge in [-0.15, -0.1) is 0 Å². The SMILES string of the molecule is CC1(c2ccc3c(c2)OCO3)NC(=O)N(CC(=O)c2ccc(N3CCCC3=O)cc2)C1=O. The molecule has 0 aromatic heterocycles. The molecule has 5 rings (SSSR count). The molecule has 0 aliphatic carbocycles. The van der Waals surface area contributed by atoms with Gasteiger partial charge in [-0.25, -0.2) is 4.79 Å². The Morgan fingerprint density at radius 3 is 2.53 bits per heavy atom. The van der Waals surface area contributed by atoms with Gasteiger partial charge in [0, 0.05) is 24.2 Å². The molecule has 32 heavy (non-hydrogen) atoms. The van der Waals surface area contributed by atoms with E-state index in [9.17, 15) is 19.2 Å². The smallest absolute Gasteiger partial charge is 0.325 e. The van der Waals surface area contributed by atoms with Crippen molar-refractivity contribution in [2.24, 2.45) is 0 Å². The van der Waals surface area contributed by atoms with E-state index in [0.717, 1.165) is 17.0 Å². The molecule has 1 atom stereocenters. The van der Waals surface area contributed by atoms with Gasteiger partial charge in [-0.1, -0.05) is 6.07 Å². The Hall–Kier alpha value is -3.88. The fraction of sp³-hybridized carbons (Fsp3) is 0.304. The van der Waals surface area contributed by atoms with Crippen LogP contribution in [-0.2, 0) is 15.1 Å². The Morgan fingerprint density at radius 2 is 1.81 bits per heavy atom. The number of hydrogen-bond donors (Lipinski definition) is 1. The predicted octanol–water partition coefficient (Wildman–Crippen LogP) is 2.19. The van der Waals surface area contributed by atoms with Gasteiger partial charge in [0.1, 0.15) is 5.54 Å². The topological polar surface area (TPSA) is 105 Å². The van der Waals surface area contributed by atoms with Crippen LogP contribution in [0.3, 0.4) is 0 Å². The Kier molecular flexibility index (Phi) is 4.61. The van der Waals surface area contributed by atoms with Crippen molar-refractivity contribution in [2.75, 3.05) is 24.8 Å². The normalized spacial score (nSPS) is 22.0. The van der Waals surface area contributed by atoms with Crippen molar-refractivity contribution in [3.63, 3.8) is 0 Å². The lowest BCUT2D eigenvalue weighted by atomic mass is 9.91. The molecular formula is C23H21N3O6. The number of Topliss-reactive ketones (excluding diaryl/α,β-unsaturated/α-hetero) is 1. The molecule has 0 radical (unpaired) electrons. The summed E-state index contributed by atoms with van der Waals surface area (Å²) < 4.78 is 10.7. The number of amides is 4. The number of imide groups is 1. The number of urea groups is 1. The zero-order chi connectivity index (χ0) is 22.5. The van der Waals surface area contributed by atoms with Crippen LogP contribution in [0, 0.1) is 0 Å². The van der Waals surface area contributed by atoms with E-state index in [2.05, 4.69) is 5.32 Å². The van der Waals surface area contributed by atoms with E-state index in [-0.39, 0.29) is 25.0 Å². The zero-order valence-electron chi connectivity index (χ0n) is 17.4. The predicted molar refractivity (Wildman–Crippen MR) is 113 cm³/mol. The van der Waals surface area contributed by atoms with E-state index in [1.54, 1.807) is 54.3 Å². The van der Waals surface area contributed by atoms with E-state index in [1.807, 2.05) is 0 Å². The van der Waals surface area contributed by atoms with Gasteiger partial charge in [-0.3, -0.25) is 19.3 Å². The first kappa shape index (κ1) is 20.0. The third kappa shape index (κ3) is 3.17. The maximum Gasteiger partial charge on any atom is 0.325 e. The summed E-state index contributed by atoms with van der Waals surface area (Å²) in [6, 6.07) is 11.0. The number of benzene rings is 2. The molecule has 0 spiro atoms. The van der Waals surface area contributed by atoms with Crippen molar-refractivity contribution in [3.05, 3.63) is 53.6 Å². The fourth-order valence-electron chi connectivity index (χ4n) is 4.23. The zero-order valence-corrected chi connectivity index (χ0v) is 17.4. The summed E-state index contributed by atoms with van der Waals surface area (Å²) in [6.45, 7) is 1.97. The number of ether oxygens (including phenoxy) is 2. The van der Waals surface area contributed by atoms with Gasteiger partial charge in [-0.2, -0.15) is 0 Å². The average molecular weight is 435 g/mol. The monoisotopic (exact) mass is 435 g/mol. The molecule has 2 aromatic rings. The van der Waals surface area contributed by atoms with Crippen molar-refractivity contribution in [1.29, 1.82) is 0 Å². The third-order valence-corrected chi connectivity index (χ3v) is 6.10. The Morgan fingerprint density at radius 1 is 1.06 bits per heavy atom. The number of ketones is 1. The lowest BCUT2D eigenvalue weighted by molar-refractivity contribution is -0.130. The summed E-state index contributed by atoms with van der Waals surface area (Å²) >= 11 is 0. The number of rotatable bonds is 5. The van der Waals surface area contributed by atoms with Crippen molar-refractivity contribution >= 4 is 29.3 Å². The summed E-state index contributed by atoms with van der Waals surface area (Å²) in [4.78, 5) is 53.0. The minimum atomic E-state index is -1.32. The van der Waals surface area contributed by atoms with E-state index in [4.69, 9.17) is 9.47 Å². The van der Waals surface area contributed by atoms with Crippen molar-refractivity contribution in [3.8, 4) is 11.5 Å². The first-order valence-corrected chi connectivity index (χ1v) is 10.3. The first-order valence-electron chi connectivity index (χ1n) is 10.3. The lowest BCUT2D eigenvalue weighted by Crippen LogP contribution is -2.41. The minimum absolute atomic E-state index is 0.0613. The highest BCUT2D eigenvalue weighted by molar-refractivity contribution is 6.11. The van der Waals surface area contributed by atoms with E-state index in [1.165, 1.54) is 0 Å². The van der Waals surface area contributed by atoms with Crippen molar-refractivity contribution < 1.29 is 28.7 Å². The lowest BCUT2D eigenvalue weighted by Gasteiger charge is -2.22. The average Bonchev–Trinajstić information content (AvgIpc) is 3.49. The molecule has 1 N–H and O–H groups in total. The van der Waals surface area contributed by atoms with Gasteiger partial charge >= 0.3 is 6.03 Å². The number of fused-ring (bicyclic) bond motifs is 1. The Labute approximate surface area is 183 Å². The van der Waals surface area contributed by atoms with E-state index >= 15 is 0 Å². The van der Waals surface area contributed by atoms with Gasteiger partial charge in [0.25, 0.3) is 5.91 Å². The first-order chi connectivity index (χ1) is 15.4. The molecule has 0 bridgehead atoms. The highest BCUT2D eigenvalue weighted by atomic mass is 16.7. The molecule has 164 valence electrons. The molecule has 9 heteroatoms. The van der Waals surface area contributed by atoms with Crippen LogP contribution in [0.5, 0.6) is 11.5 Å². The minimum Gasteiger partial charge on any atom is -0.454 e. The van der Waals surface area contributed by atoms with Crippen LogP contribution >= 0.6 is 0 Å². The third-order valence-electron chi connectivity index (χ3n) is 6.10. The second kappa shape index (κ2) is 7.37. The van der Waals surface area contributed by atoms with Gasteiger partial charge < -0.3 is 19.7 Å². The second-order valence-corrected chi connectivity index (χ2v) is 8.13. The molecule has 2 fully saturated rings. The fourth-order valence-corrected chi connectivity index (χ4v) is 4.23. The summed E-state index contributed by atoms with van der Waals surface area (Å²) in [5, 5.41) is 2.69. The molecule has 4 amide bonds. The molecule has 3 heterocycles. The number of carbonyl (C=O) groups excluding carboxylic acids is 4. The quantitative estimate of drug-likeness (QED) is 0.570. The number of carbonyl (C=O) groups is 4. The van der Waals surface area contributed by atoms with E-state index in [0.29, 0.717) is 35.6 Å². The summed E-state index contributed by atoms with van der Waals surface area (Å²) in [7, 11) is 0. The van der Waals surface area contributed by atoms with Crippen LogP contribution in [-0.4, -0.2) is 48.4 Å². The molecular weight excluding hydrogens is 414 g/mol. The van der Waals surface area contributed by atoms with Crippen molar-refractivity contribution in [1.82, 2.24) is 10.2 Å². The summed E-state index contributed by atoms with van der Waals surface area (Å²) in [5.74, 6) is 0.236. The van der Waals surface area contributed by atoms with Gasteiger partial charge in [0.05, 0.1) is 6.54 Å². The highest BCUT2D eigenvalue weighted by Gasteiger charge is 2.49. The van der Waals surface area contributed by atoms with Crippen LogP contribution in [0.2, 0.25) is 0 Å². The Bertz CT molecular complexity index is 1140. The molecule has 0 saturated carbocycles. The van der Waals surface area contributed by atoms with Crippen LogP contribution in [0.1, 0.15) is 35.7 Å². The van der Waals surface area contributed by atoms with Gasteiger partial charge in [-0.05, 0) is 55.3 Å². The largest absolute Gasteiger partial charge is 0.454 e. The standard InChI is InChI=1S/C23H21N3O6/c1-23(15-6-9-18-19(11-15)32-13-31-18)21(29)26(22(30)24-23)12-17(27)14-4-7-16(8-5-14)25-10-2-3-20(25)28/h4-9,11H,2-3,10,12-13H2,1H3,(H,24,30). The van der Waals surface area contributed by atoms with E-state index < -0.39 is 17.5 Å². The molecule has 3 aliphatic rings. The second-order valence-electron chi connectivity index (χ2n) is 8.13. The summed E-state index contributed by atoms with van der Waals surface area (Å²) in [5.41, 5.74) is 0.306. The van der Waals surface area contributed by atoms with Gasteiger partial charge in [0.15, 0.2) is 17.3 Å². The summed E-state index contributed by atoms with van der Waals surface area (Å²) in [6.07, 6.45) is 1.34. The number of anilines is 1. The molecule has 2 saturated heterocycles. The van der Waals surface area contributed by atoms with Crippen LogP contribution in [0.15, 0.2) is 42.5 Å². The maximum atomic E-state index is 13.1. The number of hydrogen-bond acceptors (Lipinski definition) is 6. The number of nitrogens with zero attached hydrogens (tertiary/aromatic N) is 2. The molecule has 3 aliphatic heterocycles. The van der Waals surface area contributed by atoms with Crippen molar-refractivity contribution in [2.45, 2.75) is 25.3 Å². The van der Waals surface area contributed by atoms with Crippen LogP contribution < -0.4 is 19.7 Å². The number of nitrogens with one attached hydrogen (secondary N) is 1. The molecule has 2 aromatic carbocycles. The Balaban J connectivity index is 1.32. The van der Waals surface area contributed by atoms with Crippen LogP contribution in [0.4, 0.5) is 10.5 Å². The van der Waals surface area contributed by atoms with Gasteiger partial charge in [0.2, 0.25) is 12.7 Å². The maximum absolute atomic E-state index is 13.1. The molecule has 1 unspecified atom stereocenters. The highest BCUT2D eigenvalue weighted by Crippen LogP contribution is 2.37. The molecule has 9 nitrogen and oxygen atoms in total.